The number of carbonyl (C=O) groups is 1. The maximum atomic E-state index is 14.5. The SMILES string of the molecule is COC(=O)n1c(C(F)(F)F)nc2nc(Nc3ccc(C(F)(F)F)cc3F)c(Nc3ccc(C(F)(F)F)cc3F)nc21. The largest absolute Gasteiger partial charge is 0.452 e. The summed E-state index contributed by atoms with van der Waals surface area (Å²) in [5, 5.41) is 4.33. The van der Waals surface area contributed by atoms with Gasteiger partial charge in [-0.25, -0.2) is 33.1 Å². The van der Waals surface area contributed by atoms with E-state index in [0.29, 0.717) is 24.3 Å². The van der Waals surface area contributed by atoms with Crippen LogP contribution in [-0.2, 0) is 23.3 Å². The molecule has 2 aromatic heterocycles. The number of benzene rings is 2. The van der Waals surface area contributed by atoms with Gasteiger partial charge in [-0.1, -0.05) is 0 Å². The van der Waals surface area contributed by atoms with Crippen LogP contribution in [0, 0.1) is 11.6 Å². The molecule has 4 aromatic rings. The average Bonchev–Trinajstić information content (AvgIpc) is 3.23. The minimum atomic E-state index is -5.28. The lowest BCUT2D eigenvalue weighted by atomic mass is 10.2. The van der Waals surface area contributed by atoms with E-state index in [1.54, 1.807) is 0 Å². The number of anilines is 4. The van der Waals surface area contributed by atoms with Crippen molar-refractivity contribution in [2.75, 3.05) is 17.7 Å². The lowest BCUT2D eigenvalue weighted by molar-refractivity contribution is -0.146. The van der Waals surface area contributed by atoms with Gasteiger partial charge in [0.2, 0.25) is 11.5 Å². The topological polar surface area (TPSA) is 94.0 Å². The second-order valence-corrected chi connectivity index (χ2v) is 7.94. The summed E-state index contributed by atoms with van der Waals surface area (Å²) in [7, 11) is 0.724. The fourth-order valence-electron chi connectivity index (χ4n) is 3.36. The summed E-state index contributed by atoms with van der Waals surface area (Å²) in [5.74, 6) is -6.47. The van der Waals surface area contributed by atoms with Crippen LogP contribution < -0.4 is 10.6 Å². The molecule has 8 nitrogen and oxygen atoms in total. The molecule has 0 saturated carbocycles. The molecule has 0 atom stereocenters. The molecule has 0 bridgehead atoms. The van der Waals surface area contributed by atoms with Gasteiger partial charge >= 0.3 is 24.6 Å². The first-order valence-electron chi connectivity index (χ1n) is 10.6. The molecule has 0 aliphatic carbocycles. The van der Waals surface area contributed by atoms with E-state index in [-0.39, 0.29) is 16.7 Å². The fourth-order valence-corrected chi connectivity index (χ4v) is 3.36. The summed E-state index contributed by atoms with van der Waals surface area (Å²) < 4.78 is 152. The Morgan fingerprint density at radius 2 is 1.20 bits per heavy atom. The van der Waals surface area contributed by atoms with Gasteiger partial charge in [-0.3, -0.25) is 0 Å². The predicted molar refractivity (Wildman–Crippen MR) is 117 cm³/mol. The van der Waals surface area contributed by atoms with Crippen molar-refractivity contribution in [3.8, 4) is 0 Å². The number of ether oxygens (including phenoxy) is 1. The maximum Gasteiger partial charge on any atom is 0.450 e. The Kier molecular flexibility index (Phi) is 7.17. The van der Waals surface area contributed by atoms with E-state index in [0.717, 1.165) is 7.11 Å². The van der Waals surface area contributed by atoms with Gasteiger partial charge in [-0.05, 0) is 36.4 Å². The third-order valence-electron chi connectivity index (χ3n) is 5.20. The van der Waals surface area contributed by atoms with Gasteiger partial charge in [-0.2, -0.15) is 39.5 Å². The number of halogens is 11. The summed E-state index contributed by atoms with van der Waals surface area (Å²) in [5.41, 5.74) is -6.08. The molecule has 41 heavy (non-hydrogen) atoms. The average molecular weight is 600 g/mol. The molecule has 0 amide bonds. The normalized spacial score (nSPS) is 12.5. The number of hydrogen-bond donors (Lipinski definition) is 2. The number of imidazole rings is 1. The standard InChI is InChI=1S/C22H11F11N6O2/c1-41-19(40)39-17-16(38-18(39)22(31,32)33)36-14(34-12-4-2-8(6-10(12)23)20(25,26)27)15(37-17)35-13-5-3-9(7-11(13)24)21(28,29)30/h2-7H,1H3,(H,34,36)(H,35,37). The molecule has 19 heteroatoms. The molecule has 218 valence electrons. The summed E-state index contributed by atoms with van der Waals surface area (Å²) in [4.78, 5) is 22.8. The second kappa shape index (κ2) is 10.0. The third-order valence-corrected chi connectivity index (χ3v) is 5.20. The number of methoxy groups -OCH3 is 1. The molecule has 0 fully saturated rings. The van der Waals surface area contributed by atoms with Crippen molar-refractivity contribution >= 4 is 40.4 Å². The maximum absolute atomic E-state index is 14.5. The van der Waals surface area contributed by atoms with Crippen LogP contribution in [0.5, 0.6) is 0 Å². The Balaban J connectivity index is 1.91. The highest BCUT2D eigenvalue weighted by Gasteiger charge is 2.41. The zero-order valence-corrected chi connectivity index (χ0v) is 19.7. The zero-order valence-electron chi connectivity index (χ0n) is 19.7. The Hall–Kier alpha value is -4.71. The summed E-state index contributed by atoms with van der Waals surface area (Å²) in [6.07, 6.45) is -16.8. The van der Waals surface area contributed by atoms with Crippen molar-refractivity contribution in [1.82, 2.24) is 19.5 Å². The molecule has 0 radical (unpaired) electrons. The van der Waals surface area contributed by atoms with E-state index in [1.807, 2.05) is 0 Å². The highest BCUT2D eigenvalue weighted by Crippen LogP contribution is 2.37. The minimum absolute atomic E-state index is 0.0807. The van der Waals surface area contributed by atoms with E-state index in [9.17, 15) is 53.1 Å². The Labute approximate surface area is 219 Å². The molecular weight excluding hydrogens is 589 g/mol. The van der Waals surface area contributed by atoms with Crippen molar-refractivity contribution in [3.63, 3.8) is 0 Å². The fraction of sp³-hybridized carbons (Fsp3) is 0.182. The van der Waals surface area contributed by atoms with Crippen molar-refractivity contribution in [2.45, 2.75) is 18.5 Å². The summed E-state index contributed by atoms with van der Waals surface area (Å²) in [6.45, 7) is 0. The summed E-state index contributed by atoms with van der Waals surface area (Å²) >= 11 is 0. The molecule has 4 rings (SSSR count). The van der Waals surface area contributed by atoms with Gasteiger partial charge in [0.05, 0.1) is 29.6 Å². The molecule has 0 spiro atoms. The number of aromatic nitrogens is 4. The van der Waals surface area contributed by atoms with Crippen molar-refractivity contribution < 1.29 is 57.8 Å². The molecule has 0 saturated heterocycles. The number of nitrogens with one attached hydrogen (secondary N) is 2. The number of carbonyl (C=O) groups excluding carboxylic acids is 1. The first kappa shape index (κ1) is 29.3. The van der Waals surface area contributed by atoms with Crippen LogP contribution in [0.2, 0.25) is 0 Å². The number of fused-ring (bicyclic) bond motifs is 1. The molecular formula is C22H11F11N6O2. The van der Waals surface area contributed by atoms with Gasteiger partial charge < -0.3 is 15.4 Å². The molecule has 2 aromatic carbocycles. The van der Waals surface area contributed by atoms with E-state index in [1.165, 1.54) is 0 Å². The van der Waals surface area contributed by atoms with Gasteiger partial charge in [-0.15, -0.1) is 0 Å². The van der Waals surface area contributed by atoms with E-state index < -0.39 is 87.5 Å². The van der Waals surface area contributed by atoms with Gasteiger partial charge in [0.1, 0.15) is 11.6 Å². The number of alkyl halides is 9. The Bertz CT molecular complexity index is 1640. The van der Waals surface area contributed by atoms with Crippen LogP contribution in [-0.4, -0.2) is 32.7 Å². The van der Waals surface area contributed by atoms with Gasteiger partial charge in [0.15, 0.2) is 17.3 Å². The minimum Gasteiger partial charge on any atom is -0.452 e. The van der Waals surface area contributed by atoms with Crippen LogP contribution in [0.25, 0.3) is 11.3 Å². The number of nitrogens with zero attached hydrogens (tertiary/aromatic N) is 4. The van der Waals surface area contributed by atoms with E-state index in [4.69, 9.17) is 0 Å². The van der Waals surface area contributed by atoms with Crippen molar-refractivity contribution in [2.24, 2.45) is 0 Å². The van der Waals surface area contributed by atoms with Crippen LogP contribution in [0.1, 0.15) is 17.0 Å². The zero-order chi connectivity index (χ0) is 30.5. The van der Waals surface area contributed by atoms with Crippen LogP contribution in [0.4, 0.5) is 76.1 Å². The van der Waals surface area contributed by atoms with Crippen LogP contribution >= 0.6 is 0 Å². The quantitative estimate of drug-likeness (QED) is 0.238. The molecule has 0 aliphatic heterocycles. The first-order chi connectivity index (χ1) is 18.9. The Morgan fingerprint density at radius 1 is 0.732 bits per heavy atom. The smallest absolute Gasteiger partial charge is 0.450 e. The monoisotopic (exact) mass is 600 g/mol. The van der Waals surface area contributed by atoms with E-state index in [2.05, 4.69) is 30.3 Å². The first-order valence-corrected chi connectivity index (χ1v) is 10.6. The van der Waals surface area contributed by atoms with E-state index >= 15 is 0 Å². The highest BCUT2D eigenvalue weighted by atomic mass is 19.4. The predicted octanol–water partition coefficient (Wildman–Crippen LogP) is 7.26. The third kappa shape index (κ3) is 5.92. The molecule has 2 N–H and O–H groups in total. The highest BCUT2D eigenvalue weighted by molar-refractivity contribution is 5.87. The lowest BCUT2D eigenvalue weighted by Gasteiger charge is -2.15. The van der Waals surface area contributed by atoms with Gasteiger partial charge in [0, 0.05) is 0 Å². The van der Waals surface area contributed by atoms with Crippen molar-refractivity contribution in [1.29, 1.82) is 0 Å². The van der Waals surface area contributed by atoms with Crippen LogP contribution in [0.3, 0.4) is 0 Å². The second-order valence-electron chi connectivity index (χ2n) is 7.94. The number of rotatable bonds is 4. The molecule has 0 unspecified atom stereocenters. The number of hydrogen-bond acceptors (Lipinski definition) is 7. The van der Waals surface area contributed by atoms with Gasteiger partial charge in [0.25, 0.3) is 0 Å². The lowest BCUT2D eigenvalue weighted by Crippen LogP contribution is -2.21. The Morgan fingerprint density at radius 3 is 1.59 bits per heavy atom. The molecule has 0 aliphatic rings. The van der Waals surface area contributed by atoms with Crippen LogP contribution in [0.15, 0.2) is 36.4 Å². The summed E-state index contributed by atoms with van der Waals surface area (Å²) in [6, 6.07) is 2.25. The molecule has 2 heterocycles. The van der Waals surface area contributed by atoms with Crippen molar-refractivity contribution in [3.05, 3.63) is 65.0 Å².